The summed E-state index contributed by atoms with van der Waals surface area (Å²) in [5.41, 5.74) is -2.00. The molecule has 2 N–H and O–H groups in total. The van der Waals surface area contributed by atoms with E-state index in [1.165, 1.54) is 37.1 Å². The molecule has 0 aliphatic carbocycles. The summed E-state index contributed by atoms with van der Waals surface area (Å²) in [5.74, 6) is -5.19. The lowest BCUT2D eigenvalue weighted by molar-refractivity contribution is -0.291. The number of anilines is 1. The zero-order chi connectivity index (χ0) is 23.1. The average molecular weight is 463 g/mol. The summed E-state index contributed by atoms with van der Waals surface area (Å²) in [6, 6.07) is 2.70. The van der Waals surface area contributed by atoms with Gasteiger partial charge in [-0.1, -0.05) is 0 Å². The Morgan fingerprint density at radius 3 is 2.42 bits per heavy atom. The molecule has 3 rings (SSSR count). The highest BCUT2D eigenvalue weighted by atomic mass is 32.2. The number of nitrogens with zero attached hydrogens (tertiary/aromatic N) is 5. The number of amides is 2. The highest BCUT2D eigenvalue weighted by Gasteiger charge is 2.60. The van der Waals surface area contributed by atoms with Gasteiger partial charge in [0.25, 0.3) is 0 Å². The van der Waals surface area contributed by atoms with Gasteiger partial charge in [0, 0.05) is 14.1 Å². The van der Waals surface area contributed by atoms with Crippen LogP contribution in [0.15, 0.2) is 23.1 Å². The van der Waals surface area contributed by atoms with Gasteiger partial charge in [-0.05, 0) is 29.4 Å². The van der Waals surface area contributed by atoms with Gasteiger partial charge in [0.05, 0.1) is 0 Å². The molecule has 0 radical (unpaired) electrons. The van der Waals surface area contributed by atoms with E-state index < -0.39 is 35.0 Å². The molecule has 2 amide bonds. The Bertz CT molecular complexity index is 1150. The van der Waals surface area contributed by atoms with Crippen LogP contribution >= 0.6 is 0 Å². The van der Waals surface area contributed by atoms with E-state index in [1.807, 2.05) is 0 Å². The molecular formula is C16H14F5N7O2S. The summed E-state index contributed by atoms with van der Waals surface area (Å²) in [5, 5.41) is 11.2. The van der Waals surface area contributed by atoms with Crippen molar-refractivity contribution in [3.63, 3.8) is 0 Å². The lowest BCUT2D eigenvalue weighted by atomic mass is 10.2. The molecule has 166 valence electrons. The molecule has 9 nitrogen and oxygen atoms in total. The second-order valence-electron chi connectivity index (χ2n) is 6.21. The van der Waals surface area contributed by atoms with E-state index in [1.54, 1.807) is 0 Å². The minimum Gasteiger partial charge on any atom is -0.612 e. The lowest BCUT2D eigenvalue weighted by Crippen LogP contribution is -2.34. The lowest BCUT2D eigenvalue weighted by Gasteiger charge is -2.17. The minimum atomic E-state index is -5.86. The van der Waals surface area contributed by atoms with Gasteiger partial charge in [-0.2, -0.15) is 22.0 Å². The first-order chi connectivity index (χ1) is 14.4. The minimum absolute atomic E-state index is 0.0133. The van der Waals surface area contributed by atoms with E-state index in [9.17, 15) is 31.3 Å². The van der Waals surface area contributed by atoms with E-state index in [4.69, 9.17) is 0 Å². The molecule has 3 heterocycles. The predicted molar refractivity (Wildman–Crippen MR) is 99.9 cm³/mol. The zero-order valence-corrected chi connectivity index (χ0v) is 16.9. The molecule has 0 aromatic carbocycles. The van der Waals surface area contributed by atoms with Crippen LogP contribution in [-0.4, -0.2) is 54.8 Å². The van der Waals surface area contributed by atoms with Gasteiger partial charge in [0.15, 0.2) is 22.1 Å². The van der Waals surface area contributed by atoms with Crippen LogP contribution in [-0.2, 0) is 24.1 Å². The van der Waals surface area contributed by atoms with Crippen molar-refractivity contribution in [2.75, 3.05) is 18.6 Å². The van der Waals surface area contributed by atoms with Crippen molar-refractivity contribution in [3.05, 3.63) is 23.9 Å². The Kier molecular flexibility index (Phi) is 5.75. The van der Waals surface area contributed by atoms with Crippen LogP contribution in [0, 0.1) is 0 Å². The molecular weight excluding hydrogens is 449 g/mol. The van der Waals surface area contributed by atoms with Crippen LogP contribution in [0.1, 0.15) is 5.69 Å². The number of aromatic nitrogens is 5. The number of hydrogen-bond donors (Lipinski definition) is 2. The number of aryl methyl sites for hydroxylation is 1. The third-order valence-electron chi connectivity index (χ3n) is 4.14. The second-order valence-corrected chi connectivity index (χ2v) is 7.55. The molecule has 1 unspecified atom stereocenters. The standard InChI is InChI=1S/C16H14F5N7O2S/c1-22-14(29)25-10-5-4-8(31(3)30)11(24-10)13-23-7-6-9(15(17,18)16(19,20)21)26-27-12(7)28(13)2/h4-6H,1-3H3,(H2,22,24,25,29). The Morgan fingerprint density at radius 2 is 1.84 bits per heavy atom. The molecule has 0 aliphatic heterocycles. The van der Waals surface area contributed by atoms with Crippen molar-refractivity contribution in [3.8, 4) is 11.5 Å². The maximum absolute atomic E-state index is 13.6. The summed E-state index contributed by atoms with van der Waals surface area (Å²) < 4.78 is 78.6. The zero-order valence-electron chi connectivity index (χ0n) is 16.1. The normalized spacial score (nSPS) is 13.3. The van der Waals surface area contributed by atoms with E-state index >= 15 is 0 Å². The summed E-state index contributed by atoms with van der Waals surface area (Å²) in [4.78, 5) is 20.0. The first-order valence-electron chi connectivity index (χ1n) is 8.35. The van der Waals surface area contributed by atoms with E-state index in [-0.39, 0.29) is 33.4 Å². The summed E-state index contributed by atoms with van der Waals surface area (Å²) in [6.45, 7) is 0. The third-order valence-corrected chi connectivity index (χ3v) is 5.09. The van der Waals surface area contributed by atoms with Crippen molar-refractivity contribution in [1.82, 2.24) is 30.0 Å². The Labute approximate surface area is 174 Å². The molecule has 0 spiro atoms. The first kappa shape index (κ1) is 22.6. The monoisotopic (exact) mass is 463 g/mol. The molecule has 3 aromatic heterocycles. The van der Waals surface area contributed by atoms with Crippen LogP contribution in [0.25, 0.3) is 22.7 Å². The largest absolute Gasteiger partial charge is 0.612 e. The van der Waals surface area contributed by atoms with Gasteiger partial charge in [-0.25, -0.2) is 14.8 Å². The number of nitrogens with one attached hydrogen (secondary N) is 2. The summed E-state index contributed by atoms with van der Waals surface area (Å²) in [6.07, 6.45) is -4.50. The van der Waals surface area contributed by atoms with E-state index in [2.05, 4.69) is 30.8 Å². The molecule has 0 saturated carbocycles. The van der Waals surface area contributed by atoms with Crippen molar-refractivity contribution in [2.45, 2.75) is 17.0 Å². The smallest absolute Gasteiger partial charge is 0.459 e. The second kappa shape index (κ2) is 7.88. The van der Waals surface area contributed by atoms with Gasteiger partial charge < -0.3 is 14.4 Å². The predicted octanol–water partition coefficient (Wildman–Crippen LogP) is 2.57. The first-order valence-corrected chi connectivity index (χ1v) is 9.91. The molecule has 15 heteroatoms. The highest BCUT2D eigenvalue weighted by molar-refractivity contribution is 7.90. The van der Waals surface area contributed by atoms with Crippen LogP contribution in [0.3, 0.4) is 0 Å². The topological polar surface area (TPSA) is 121 Å². The van der Waals surface area contributed by atoms with E-state index in [0.29, 0.717) is 6.07 Å². The summed E-state index contributed by atoms with van der Waals surface area (Å²) in [7, 11) is 2.79. The Balaban J connectivity index is 2.17. The SMILES string of the molecule is CNC(=O)Nc1ccc([S+](C)[O-])c(-c2nc3cc(C(F)(F)C(F)(F)F)nnc3n2C)n1. The molecule has 1 atom stereocenters. The van der Waals surface area contributed by atoms with Gasteiger partial charge in [-0.15, -0.1) is 10.2 Å². The number of carbonyl (C=O) groups excluding carboxylic acids is 1. The highest BCUT2D eigenvalue weighted by Crippen LogP contribution is 2.43. The molecule has 0 aliphatic rings. The average Bonchev–Trinajstić information content (AvgIpc) is 3.02. The van der Waals surface area contributed by atoms with Crippen molar-refractivity contribution >= 4 is 34.2 Å². The molecule has 0 saturated heterocycles. The van der Waals surface area contributed by atoms with Crippen molar-refractivity contribution < 1.29 is 31.3 Å². The quantitative estimate of drug-likeness (QED) is 0.453. The Hall–Kier alpha value is -3.07. The maximum Gasteiger partial charge on any atom is 0.459 e. The number of alkyl halides is 5. The van der Waals surface area contributed by atoms with Gasteiger partial charge >= 0.3 is 18.1 Å². The number of carbonyl (C=O) groups is 1. The number of rotatable bonds is 4. The van der Waals surface area contributed by atoms with Gasteiger partial charge in [0.2, 0.25) is 0 Å². The van der Waals surface area contributed by atoms with Gasteiger partial charge in [0.1, 0.15) is 23.3 Å². The maximum atomic E-state index is 13.6. The fourth-order valence-electron chi connectivity index (χ4n) is 2.58. The van der Waals surface area contributed by atoms with Crippen LogP contribution < -0.4 is 10.6 Å². The van der Waals surface area contributed by atoms with Crippen molar-refractivity contribution in [2.24, 2.45) is 7.05 Å². The van der Waals surface area contributed by atoms with Gasteiger partial charge in [-0.3, -0.25) is 5.32 Å². The molecule has 0 fully saturated rings. The molecule has 3 aromatic rings. The number of halogens is 5. The van der Waals surface area contributed by atoms with Crippen LogP contribution in [0.2, 0.25) is 0 Å². The van der Waals surface area contributed by atoms with E-state index in [0.717, 1.165) is 0 Å². The molecule has 0 bridgehead atoms. The number of hydrogen-bond acceptors (Lipinski definition) is 6. The number of imidazole rings is 1. The fraction of sp³-hybridized carbons (Fsp3) is 0.312. The summed E-state index contributed by atoms with van der Waals surface area (Å²) >= 11 is -1.57. The number of pyridine rings is 1. The number of fused-ring (bicyclic) bond motifs is 1. The fourth-order valence-corrected chi connectivity index (χ4v) is 3.25. The Morgan fingerprint density at radius 1 is 1.16 bits per heavy atom. The van der Waals surface area contributed by atoms with Crippen molar-refractivity contribution in [1.29, 1.82) is 0 Å². The number of urea groups is 1. The van der Waals surface area contributed by atoms with Crippen LogP contribution in [0.5, 0.6) is 0 Å². The van der Waals surface area contributed by atoms with Crippen LogP contribution in [0.4, 0.5) is 32.6 Å². The molecule has 31 heavy (non-hydrogen) atoms. The third kappa shape index (κ3) is 4.10.